The maximum atomic E-state index is 6.18. The Morgan fingerprint density at radius 2 is 1.05 bits per heavy atom. The molecule has 0 aliphatic carbocycles. The van der Waals surface area contributed by atoms with Gasteiger partial charge in [0.2, 0.25) is 0 Å². The number of nitrogens with two attached hydrogens (primary N) is 2. The number of hydrogen-bond acceptors (Lipinski definition) is 8. The van der Waals surface area contributed by atoms with Crippen LogP contribution < -0.4 is 11.5 Å². The number of fused-ring (bicyclic) bond motifs is 2. The van der Waals surface area contributed by atoms with E-state index in [1.807, 2.05) is 0 Å². The van der Waals surface area contributed by atoms with Gasteiger partial charge in [0.1, 0.15) is 0 Å². The van der Waals surface area contributed by atoms with Crippen molar-refractivity contribution in [3.05, 3.63) is 96.1 Å². The van der Waals surface area contributed by atoms with Crippen molar-refractivity contribution >= 4 is 64.8 Å². The molecule has 4 aromatic carbocycles. The normalized spacial score (nSPS) is 15.7. The van der Waals surface area contributed by atoms with E-state index in [-0.39, 0.29) is 0 Å². The molecule has 2 aliphatic rings. The molecule has 0 fully saturated rings. The predicted octanol–water partition coefficient (Wildman–Crippen LogP) is 5.03. The summed E-state index contributed by atoms with van der Waals surface area (Å²) in [6, 6.07) is 30.6. The second-order valence-electron chi connectivity index (χ2n) is 10.4. The van der Waals surface area contributed by atoms with Crippen molar-refractivity contribution in [1.82, 2.24) is 7.71 Å². The van der Waals surface area contributed by atoms with E-state index < -0.39 is 11.4 Å². The molecule has 0 saturated carbocycles. The van der Waals surface area contributed by atoms with Gasteiger partial charge in [0.25, 0.3) is 0 Å². The summed E-state index contributed by atoms with van der Waals surface area (Å²) in [7, 11) is 4.20. The molecular formula is C32H38GeN6S2. The molecule has 0 unspecified atom stereocenters. The zero-order valence-corrected chi connectivity index (χ0v) is 27.1. The first-order chi connectivity index (χ1) is 20.2. The number of hydrogen-bond donors (Lipinski definition) is 2. The van der Waals surface area contributed by atoms with Crippen molar-refractivity contribution in [3.8, 4) is 0 Å². The van der Waals surface area contributed by atoms with E-state index in [1.54, 1.807) is 0 Å². The zero-order chi connectivity index (χ0) is 28.1. The monoisotopic (exact) mass is 644 g/mol. The molecule has 212 valence electrons. The van der Waals surface area contributed by atoms with Crippen LogP contribution >= 0.6 is 20.2 Å². The zero-order valence-electron chi connectivity index (χ0n) is 23.4. The number of aliphatic imine (C=N–C) groups is 2. The number of benzene rings is 4. The van der Waals surface area contributed by atoms with Crippen LogP contribution in [0.2, 0.25) is 0 Å². The third kappa shape index (κ3) is 5.90. The summed E-state index contributed by atoms with van der Waals surface area (Å²) in [6.45, 7) is 4.90. The van der Waals surface area contributed by atoms with Crippen molar-refractivity contribution in [2.24, 2.45) is 21.5 Å². The second-order valence-corrected chi connectivity index (χ2v) is 27.2. The van der Waals surface area contributed by atoms with Crippen LogP contribution in [0.4, 0.5) is 0 Å². The third-order valence-corrected chi connectivity index (χ3v) is 29.9. The molecule has 0 amide bonds. The molecule has 41 heavy (non-hydrogen) atoms. The fourth-order valence-electron chi connectivity index (χ4n) is 6.02. The molecule has 2 aliphatic heterocycles. The quantitative estimate of drug-likeness (QED) is 0.211. The Morgan fingerprint density at radius 3 is 1.51 bits per heavy atom. The minimum atomic E-state index is -3.18. The van der Waals surface area contributed by atoms with Crippen LogP contribution in [-0.4, -0.2) is 81.6 Å². The molecule has 6 rings (SSSR count). The maximum absolute atomic E-state index is 6.18. The van der Waals surface area contributed by atoms with Crippen LogP contribution in [0.5, 0.6) is 0 Å². The molecule has 0 spiro atoms. The van der Waals surface area contributed by atoms with Gasteiger partial charge in [-0.1, -0.05) is 0 Å². The molecule has 0 bridgehead atoms. The fraction of sp³-hybridized carbons (Fsp3) is 0.312. The summed E-state index contributed by atoms with van der Waals surface area (Å²) < 4.78 is 5.46. The number of nitrogens with zero attached hydrogens (tertiary/aromatic N) is 4. The van der Waals surface area contributed by atoms with Crippen molar-refractivity contribution in [2.45, 2.75) is 12.8 Å². The summed E-state index contributed by atoms with van der Waals surface area (Å²) in [4.78, 5) is 10.3. The van der Waals surface area contributed by atoms with Crippen LogP contribution in [-0.2, 0) is 12.8 Å². The fourth-order valence-corrected chi connectivity index (χ4v) is 29.0. The second kappa shape index (κ2) is 13.2. The van der Waals surface area contributed by atoms with E-state index in [4.69, 9.17) is 21.5 Å². The number of amidine groups is 2. The Labute approximate surface area is 252 Å². The molecular weight excluding hydrogens is 605 g/mol. The number of rotatable bonds is 12. The summed E-state index contributed by atoms with van der Waals surface area (Å²) in [5, 5.41) is 5.18. The Balaban J connectivity index is 1.37. The standard InChI is InChI=1S/C32H38GeN6S2/c34-15-21-40-33(41-22-16-35,38-19-17-36-31(38)23-27-11-5-9-25-7-1-3-13-29(25)27)39-20-18-37-32(39)24-28-12-6-10-26-8-2-4-14-30(26)28/h1-14H,15-24,34-35H2. The van der Waals surface area contributed by atoms with Crippen molar-refractivity contribution in [2.75, 3.05) is 50.8 Å². The van der Waals surface area contributed by atoms with Gasteiger partial charge < -0.3 is 0 Å². The van der Waals surface area contributed by atoms with Crippen LogP contribution in [0.1, 0.15) is 11.1 Å². The van der Waals surface area contributed by atoms with E-state index in [9.17, 15) is 0 Å². The van der Waals surface area contributed by atoms with E-state index in [0.29, 0.717) is 13.1 Å². The Morgan fingerprint density at radius 1 is 0.610 bits per heavy atom. The van der Waals surface area contributed by atoms with Gasteiger partial charge in [-0.2, -0.15) is 0 Å². The van der Waals surface area contributed by atoms with Gasteiger partial charge in [-0.3, -0.25) is 0 Å². The molecule has 9 heteroatoms. The van der Waals surface area contributed by atoms with E-state index in [2.05, 4.69) is 113 Å². The summed E-state index contributed by atoms with van der Waals surface area (Å²) in [5.41, 5.74) is 15.0. The van der Waals surface area contributed by atoms with Crippen molar-refractivity contribution in [1.29, 1.82) is 0 Å². The van der Waals surface area contributed by atoms with Gasteiger partial charge in [0.05, 0.1) is 0 Å². The third-order valence-electron chi connectivity index (χ3n) is 7.81. The molecule has 4 aromatic rings. The SMILES string of the molecule is NCC[S][Ge]([S]CCN)([N]1CCN=C1Cc1cccc2ccccc12)[N]1CCN=C1Cc1cccc2ccccc12. The average molecular weight is 643 g/mol. The van der Waals surface area contributed by atoms with Gasteiger partial charge in [-0.15, -0.1) is 0 Å². The molecule has 6 nitrogen and oxygen atoms in total. The van der Waals surface area contributed by atoms with Crippen molar-refractivity contribution in [3.63, 3.8) is 0 Å². The molecule has 2 heterocycles. The first-order valence-electron chi connectivity index (χ1n) is 14.5. The predicted molar refractivity (Wildman–Crippen MR) is 182 cm³/mol. The van der Waals surface area contributed by atoms with Gasteiger partial charge in [-0.25, -0.2) is 0 Å². The van der Waals surface area contributed by atoms with Gasteiger partial charge in [0.15, 0.2) is 0 Å². The van der Waals surface area contributed by atoms with Crippen LogP contribution in [0.3, 0.4) is 0 Å². The summed E-state index contributed by atoms with van der Waals surface area (Å²) in [6.07, 6.45) is 1.68. The molecule has 0 saturated heterocycles. The van der Waals surface area contributed by atoms with Crippen LogP contribution in [0, 0.1) is 0 Å². The van der Waals surface area contributed by atoms with E-state index in [1.165, 1.54) is 44.3 Å². The average Bonchev–Trinajstić information content (AvgIpc) is 3.68. The van der Waals surface area contributed by atoms with Crippen LogP contribution in [0.25, 0.3) is 21.5 Å². The first kappa shape index (κ1) is 28.6. The first-order valence-corrected chi connectivity index (χ1v) is 23.5. The van der Waals surface area contributed by atoms with Gasteiger partial charge in [-0.05, 0) is 0 Å². The topological polar surface area (TPSA) is 83.2 Å². The van der Waals surface area contributed by atoms with E-state index >= 15 is 0 Å². The molecule has 0 aromatic heterocycles. The van der Waals surface area contributed by atoms with E-state index in [0.717, 1.165) is 50.5 Å². The van der Waals surface area contributed by atoms with Crippen molar-refractivity contribution < 1.29 is 0 Å². The minimum absolute atomic E-state index is 0.661. The molecule has 0 atom stereocenters. The molecule has 4 N–H and O–H groups in total. The van der Waals surface area contributed by atoms with Gasteiger partial charge >= 0.3 is 254 Å². The Bertz CT molecular complexity index is 1450. The van der Waals surface area contributed by atoms with Gasteiger partial charge in [0, 0.05) is 0 Å². The summed E-state index contributed by atoms with van der Waals surface area (Å²) >= 11 is -3.18. The summed E-state index contributed by atoms with van der Waals surface area (Å²) in [5.74, 6) is 4.28. The van der Waals surface area contributed by atoms with Crippen LogP contribution in [0.15, 0.2) is 94.9 Å². The Hall–Kier alpha value is -2.50. The molecule has 0 radical (unpaired) electrons. The Kier molecular flexibility index (Phi) is 9.22.